The number of nitrogens with one attached hydrogen (secondary N) is 2. The number of carbonyl (C=O) groups excluding carboxylic acids is 1. The lowest BCUT2D eigenvalue weighted by molar-refractivity contribution is 0.102. The second-order valence-electron chi connectivity index (χ2n) is 7.10. The number of carbonyl (C=O) groups is 1. The van der Waals surface area contributed by atoms with Crippen molar-refractivity contribution in [3.63, 3.8) is 0 Å². The normalized spacial score (nSPS) is 10.9. The lowest BCUT2D eigenvalue weighted by atomic mass is 10.1. The Morgan fingerprint density at radius 1 is 1.10 bits per heavy atom. The standard InChI is InChI=1S/C24H22BrN3O2/c1-4-30-21-12-8-17(13-19(21)25)24(29)26-18-9-6-16(7-10-18)23-27-20-11-5-14(2)15(3)22(20)28-23/h5-13H,4H2,1-3H3,(H,26,29)(H,27,28). The van der Waals surface area contributed by atoms with Crippen LogP contribution in [0.1, 0.15) is 28.4 Å². The molecule has 30 heavy (non-hydrogen) atoms. The minimum Gasteiger partial charge on any atom is -0.493 e. The van der Waals surface area contributed by atoms with Crippen molar-refractivity contribution in [3.05, 3.63) is 75.8 Å². The molecule has 1 heterocycles. The summed E-state index contributed by atoms with van der Waals surface area (Å²) >= 11 is 3.45. The Morgan fingerprint density at radius 2 is 1.87 bits per heavy atom. The number of anilines is 1. The van der Waals surface area contributed by atoms with Crippen LogP contribution in [0, 0.1) is 13.8 Å². The van der Waals surface area contributed by atoms with Crippen LogP contribution in [0.25, 0.3) is 22.4 Å². The van der Waals surface area contributed by atoms with Gasteiger partial charge in [0.05, 0.1) is 22.1 Å². The number of hydrogen-bond donors (Lipinski definition) is 2. The predicted octanol–water partition coefficient (Wildman–Crippen LogP) is 6.26. The molecule has 1 amide bonds. The van der Waals surface area contributed by atoms with E-state index in [2.05, 4.69) is 46.1 Å². The van der Waals surface area contributed by atoms with Gasteiger partial charge < -0.3 is 15.0 Å². The minimum atomic E-state index is -0.179. The first-order chi connectivity index (χ1) is 14.5. The summed E-state index contributed by atoms with van der Waals surface area (Å²) in [7, 11) is 0. The maximum atomic E-state index is 12.6. The number of benzene rings is 3. The fraction of sp³-hybridized carbons (Fsp3) is 0.167. The maximum absolute atomic E-state index is 12.6. The summed E-state index contributed by atoms with van der Waals surface area (Å²) < 4.78 is 6.25. The van der Waals surface area contributed by atoms with Crippen LogP contribution in [0.3, 0.4) is 0 Å². The van der Waals surface area contributed by atoms with Gasteiger partial charge in [-0.1, -0.05) is 6.07 Å². The number of aromatic amines is 1. The number of hydrogen-bond acceptors (Lipinski definition) is 3. The highest BCUT2D eigenvalue weighted by molar-refractivity contribution is 9.10. The smallest absolute Gasteiger partial charge is 0.255 e. The lowest BCUT2D eigenvalue weighted by Crippen LogP contribution is -2.12. The van der Waals surface area contributed by atoms with Gasteiger partial charge in [-0.2, -0.15) is 0 Å². The molecule has 0 atom stereocenters. The van der Waals surface area contributed by atoms with E-state index in [-0.39, 0.29) is 5.91 Å². The summed E-state index contributed by atoms with van der Waals surface area (Å²) in [5.74, 6) is 1.35. The molecule has 1 aromatic heterocycles. The van der Waals surface area contributed by atoms with Crippen LogP contribution in [-0.4, -0.2) is 22.5 Å². The zero-order valence-electron chi connectivity index (χ0n) is 17.0. The van der Waals surface area contributed by atoms with Crippen LogP contribution in [0.15, 0.2) is 59.1 Å². The summed E-state index contributed by atoms with van der Waals surface area (Å²) in [5, 5.41) is 2.93. The van der Waals surface area contributed by atoms with E-state index in [9.17, 15) is 4.79 Å². The first-order valence-electron chi connectivity index (χ1n) is 9.76. The Bertz CT molecular complexity index is 1230. The summed E-state index contributed by atoms with van der Waals surface area (Å²) in [5.41, 5.74) is 6.68. The number of ether oxygens (including phenoxy) is 1. The molecule has 2 N–H and O–H groups in total. The quantitative estimate of drug-likeness (QED) is 0.366. The van der Waals surface area contributed by atoms with Crippen LogP contribution in [0.5, 0.6) is 5.75 Å². The summed E-state index contributed by atoms with van der Waals surface area (Å²) in [6.45, 7) is 6.68. The van der Waals surface area contributed by atoms with Gasteiger partial charge in [-0.25, -0.2) is 4.98 Å². The number of H-pyrrole nitrogens is 1. The Morgan fingerprint density at radius 3 is 2.57 bits per heavy atom. The number of halogens is 1. The molecule has 3 aromatic carbocycles. The molecule has 4 aromatic rings. The molecule has 0 saturated carbocycles. The van der Waals surface area contributed by atoms with Crippen LogP contribution in [-0.2, 0) is 0 Å². The molecule has 0 aliphatic carbocycles. The molecule has 0 fully saturated rings. The van der Waals surface area contributed by atoms with Crippen molar-refractivity contribution in [1.82, 2.24) is 9.97 Å². The van der Waals surface area contributed by atoms with Gasteiger partial charge in [0.25, 0.3) is 5.91 Å². The van der Waals surface area contributed by atoms with E-state index >= 15 is 0 Å². The predicted molar refractivity (Wildman–Crippen MR) is 124 cm³/mol. The molecule has 0 radical (unpaired) electrons. The van der Waals surface area contributed by atoms with Gasteiger partial charge in [0.1, 0.15) is 11.6 Å². The SMILES string of the molecule is CCOc1ccc(C(=O)Nc2ccc(-c3nc4ccc(C)c(C)c4[nH]3)cc2)cc1Br. The first-order valence-corrected chi connectivity index (χ1v) is 10.6. The molecule has 152 valence electrons. The number of nitrogens with zero attached hydrogens (tertiary/aromatic N) is 1. The Balaban J connectivity index is 1.52. The van der Waals surface area contributed by atoms with Crippen molar-refractivity contribution in [1.29, 1.82) is 0 Å². The van der Waals surface area contributed by atoms with Crippen LogP contribution >= 0.6 is 15.9 Å². The zero-order valence-corrected chi connectivity index (χ0v) is 18.6. The van der Waals surface area contributed by atoms with E-state index in [4.69, 9.17) is 9.72 Å². The van der Waals surface area contributed by atoms with Gasteiger partial charge in [-0.15, -0.1) is 0 Å². The molecule has 5 nitrogen and oxygen atoms in total. The fourth-order valence-electron chi connectivity index (χ4n) is 3.29. The topological polar surface area (TPSA) is 67.0 Å². The van der Waals surface area contributed by atoms with Gasteiger partial charge in [-0.3, -0.25) is 4.79 Å². The van der Waals surface area contributed by atoms with Gasteiger partial charge in [0, 0.05) is 16.8 Å². The van der Waals surface area contributed by atoms with E-state index in [1.165, 1.54) is 11.1 Å². The molecule has 4 rings (SSSR count). The molecule has 0 bridgehead atoms. The number of amides is 1. The molecule has 0 spiro atoms. The van der Waals surface area contributed by atoms with Crippen molar-refractivity contribution < 1.29 is 9.53 Å². The van der Waals surface area contributed by atoms with Crippen LogP contribution in [0.4, 0.5) is 5.69 Å². The molecular formula is C24H22BrN3O2. The summed E-state index contributed by atoms with van der Waals surface area (Å²) in [6, 6.07) is 17.1. The average molecular weight is 464 g/mol. The Hall–Kier alpha value is -3.12. The Labute approximate surface area is 183 Å². The van der Waals surface area contributed by atoms with E-state index < -0.39 is 0 Å². The van der Waals surface area contributed by atoms with Crippen molar-refractivity contribution >= 4 is 38.6 Å². The lowest BCUT2D eigenvalue weighted by Gasteiger charge is -2.09. The molecule has 0 saturated heterocycles. The Kier molecular flexibility index (Phi) is 5.59. The summed E-state index contributed by atoms with van der Waals surface area (Å²) in [4.78, 5) is 20.7. The molecule has 0 unspecified atom stereocenters. The van der Waals surface area contributed by atoms with Crippen molar-refractivity contribution in [2.45, 2.75) is 20.8 Å². The number of imidazole rings is 1. The average Bonchev–Trinajstić information content (AvgIpc) is 3.18. The second kappa shape index (κ2) is 8.32. The van der Waals surface area contributed by atoms with Gasteiger partial charge in [-0.05, 0) is 96.4 Å². The third kappa shape index (κ3) is 3.96. The van der Waals surface area contributed by atoms with Crippen molar-refractivity contribution in [3.8, 4) is 17.1 Å². The fourth-order valence-corrected chi connectivity index (χ4v) is 3.78. The highest BCUT2D eigenvalue weighted by Gasteiger charge is 2.11. The van der Waals surface area contributed by atoms with Gasteiger partial charge in [0.2, 0.25) is 0 Å². The van der Waals surface area contributed by atoms with E-state index in [1.807, 2.05) is 37.3 Å². The third-order valence-electron chi connectivity index (χ3n) is 5.10. The van der Waals surface area contributed by atoms with E-state index in [1.54, 1.807) is 18.2 Å². The van der Waals surface area contributed by atoms with Crippen LogP contribution in [0.2, 0.25) is 0 Å². The molecule has 0 aliphatic heterocycles. The number of aromatic nitrogens is 2. The maximum Gasteiger partial charge on any atom is 0.255 e. The highest BCUT2D eigenvalue weighted by atomic mass is 79.9. The third-order valence-corrected chi connectivity index (χ3v) is 5.72. The molecule has 0 aliphatic rings. The van der Waals surface area contributed by atoms with E-state index in [0.29, 0.717) is 12.2 Å². The number of rotatable bonds is 5. The number of fused-ring (bicyclic) bond motifs is 1. The highest BCUT2D eigenvalue weighted by Crippen LogP contribution is 2.27. The van der Waals surface area contributed by atoms with E-state index in [0.717, 1.165) is 38.3 Å². The molecule has 6 heteroatoms. The monoisotopic (exact) mass is 463 g/mol. The molecular weight excluding hydrogens is 442 g/mol. The van der Waals surface area contributed by atoms with Crippen molar-refractivity contribution in [2.75, 3.05) is 11.9 Å². The minimum absolute atomic E-state index is 0.179. The zero-order chi connectivity index (χ0) is 21.3. The largest absolute Gasteiger partial charge is 0.493 e. The van der Waals surface area contributed by atoms with Gasteiger partial charge in [0.15, 0.2) is 0 Å². The first kappa shape index (κ1) is 20.2. The van der Waals surface area contributed by atoms with Crippen LogP contribution < -0.4 is 10.1 Å². The van der Waals surface area contributed by atoms with Gasteiger partial charge >= 0.3 is 0 Å². The number of aryl methyl sites for hydroxylation is 2. The summed E-state index contributed by atoms with van der Waals surface area (Å²) in [6.07, 6.45) is 0. The van der Waals surface area contributed by atoms with Crippen molar-refractivity contribution in [2.24, 2.45) is 0 Å². The second-order valence-corrected chi connectivity index (χ2v) is 7.95.